The zero-order chi connectivity index (χ0) is 67.3. The molecular weight excluding hydrogens is 1200 g/mol. The van der Waals surface area contributed by atoms with E-state index in [0.717, 1.165) is 108 Å². The number of hydrogen-bond donors (Lipinski definition) is 3. The molecule has 0 saturated carbocycles. The Morgan fingerprint density at radius 1 is 0.319 bits per heavy atom. The molecule has 0 fully saturated rings. The van der Waals surface area contributed by atoms with E-state index in [2.05, 4.69) is 48.5 Å². The van der Waals surface area contributed by atoms with E-state index in [-0.39, 0.29) is 25.7 Å². The van der Waals surface area contributed by atoms with Crippen molar-refractivity contribution in [1.82, 2.24) is 0 Å². The Balaban J connectivity index is 5.23. The number of aliphatic hydroxyl groups is 1. The number of ether oxygens (including phenoxy) is 4. The van der Waals surface area contributed by atoms with Crippen LogP contribution in [0.2, 0.25) is 0 Å². The largest absolute Gasteiger partial charge is 0.472 e. The molecule has 0 aliphatic rings. The normalized spacial score (nSPS) is 14.5. The summed E-state index contributed by atoms with van der Waals surface area (Å²) in [4.78, 5) is 72.6. The maximum atomic E-state index is 13.0. The standard InChI is InChI=1S/C72H140O17P2/c1-8-10-11-12-13-14-26-31-39-46-53-69(74)83-60-68(89-72(77)56-49-42-35-34-38-45-52-65(7)9-2)62-87-91(80,81)85-58-66(73)57-84-90(78,79)86-61-67(59-82-70(75)54-47-40-32-27-23-22-25-30-37-44-51-64(5)6)88-71(76)55-48-41-33-28-21-19-17-15-16-18-20-24-29-36-43-50-63(3)4/h63-68,73H,8-62H2,1-7H3,(H,78,79)(H,80,81)/t65?,66-,67-,68-/m1/s1. The molecule has 91 heavy (non-hydrogen) atoms. The van der Waals surface area contributed by atoms with Crippen LogP contribution in [-0.2, 0) is 65.4 Å². The van der Waals surface area contributed by atoms with Crippen molar-refractivity contribution in [3.63, 3.8) is 0 Å². The second-order valence-corrected chi connectivity index (χ2v) is 30.1. The summed E-state index contributed by atoms with van der Waals surface area (Å²) in [5, 5.41) is 10.6. The van der Waals surface area contributed by atoms with Crippen LogP contribution in [0.15, 0.2) is 0 Å². The lowest BCUT2D eigenvalue weighted by Crippen LogP contribution is -2.30. The minimum absolute atomic E-state index is 0.103. The molecule has 0 bridgehead atoms. The fourth-order valence-corrected chi connectivity index (χ4v) is 12.4. The number of phosphoric ester groups is 2. The number of carbonyl (C=O) groups is 4. The highest BCUT2D eigenvalue weighted by Crippen LogP contribution is 2.45. The van der Waals surface area contributed by atoms with Crippen molar-refractivity contribution < 1.29 is 80.2 Å². The van der Waals surface area contributed by atoms with Gasteiger partial charge in [-0.1, -0.05) is 312 Å². The van der Waals surface area contributed by atoms with Gasteiger partial charge < -0.3 is 33.8 Å². The van der Waals surface area contributed by atoms with E-state index in [9.17, 15) is 43.2 Å². The smallest absolute Gasteiger partial charge is 0.462 e. The van der Waals surface area contributed by atoms with Crippen LogP contribution in [-0.4, -0.2) is 96.7 Å². The molecule has 19 heteroatoms. The van der Waals surface area contributed by atoms with Crippen LogP contribution >= 0.6 is 15.6 Å². The molecule has 0 aromatic heterocycles. The first-order chi connectivity index (χ1) is 43.8. The summed E-state index contributed by atoms with van der Waals surface area (Å²) in [6, 6.07) is 0. The van der Waals surface area contributed by atoms with Gasteiger partial charge in [-0.25, -0.2) is 9.13 Å². The molecule has 0 aliphatic carbocycles. The fraction of sp³-hybridized carbons (Fsp3) is 0.944. The molecule has 0 rings (SSSR count). The topological polar surface area (TPSA) is 237 Å². The molecule has 0 aliphatic heterocycles. The Bertz CT molecular complexity index is 1790. The third-order valence-electron chi connectivity index (χ3n) is 17.0. The van der Waals surface area contributed by atoms with Gasteiger partial charge in [-0.3, -0.25) is 37.3 Å². The van der Waals surface area contributed by atoms with Crippen molar-refractivity contribution in [2.24, 2.45) is 17.8 Å². The van der Waals surface area contributed by atoms with Crippen LogP contribution in [0.5, 0.6) is 0 Å². The number of phosphoric acid groups is 2. The van der Waals surface area contributed by atoms with E-state index < -0.39 is 97.5 Å². The summed E-state index contributed by atoms with van der Waals surface area (Å²) in [5.41, 5.74) is 0. The molecule has 3 unspecified atom stereocenters. The Kier molecular flexibility index (Phi) is 61.5. The number of esters is 4. The van der Waals surface area contributed by atoms with Crippen molar-refractivity contribution >= 4 is 39.5 Å². The van der Waals surface area contributed by atoms with Gasteiger partial charge in [0.2, 0.25) is 0 Å². The number of rotatable bonds is 70. The molecule has 0 aromatic rings. The van der Waals surface area contributed by atoms with Gasteiger partial charge in [0.05, 0.1) is 26.4 Å². The predicted molar refractivity (Wildman–Crippen MR) is 368 cm³/mol. The van der Waals surface area contributed by atoms with Crippen molar-refractivity contribution in [3.05, 3.63) is 0 Å². The lowest BCUT2D eigenvalue weighted by Gasteiger charge is -2.21. The van der Waals surface area contributed by atoms with Crippen LogP contribution in [0, 0.1) is 17.8 Å². The van der Waals surface area contributed by atoms with Crippen molar-refractivity contribution in [2.45, 2.75) is 381 Å². The molecule has 540 valence electrons. The molecule has 0 amide bonds. The maximum Gasteiger partial charge on any atom is 0.472 e. The van der Waals surface area contributed by atoms with Crippen LogP contribution in [0.3, 0.4) is 0 Å². The van der Waals surface area contributed by atoms with Gasteiger partial charge in [-0.2, -0.15) is 0 Å². The van der Waals surface area contributed by atoms with Crippen molar-refractivity contribution in [1.29, 1.82) is 0 Å². The van der Waals surface area contributed by atoms with E-state index in [1.165, 1.54) is 173 Å². The highest BCUT2D eigenvalue weighted by atomic mass is 31.2. The third-order valence-corrected chi connectivity index (χ3v) is 18.9. The maximum absolute atomic E-state index is 13.0. The SMILES string of the molecule is CCCCCCCCCCCCC(=O)OC[C@H](COP(=O)(O)OC[C@H](O)COP(=O)(O)OC[C@@H](COC(=O)CCCCCCCCCCCCC(C)C)OC(=O)CCCCCCCCCCCCCCCCCC(C)C)OC(=O)CCCCCCCCC(C)CC. The summed E-state index contributed by atoms with van der Waals surface area (Å²) < 4.78 is 68.3. The molecule has 0 heterocycles. The first-order valence-electron chi connectivity index (χ1n) is 37.4. The summed E-state index contributed by atoms with van der Waals surface area (Å²) >= 11 is 0. The summed E-state index contributed by atoms with van der Waals surface area (Å²) in [6.07, 6.45) is 47.2. The molecule has 0 saturated heterocycles. The van der Waals surface area contributed by atoms with Crippen LogP contribution in [0.1, 0.15) is 363 Å². The van der Waals surface area contributed by atoms with Gasteiger partial charge in [0, 0.05) is 25.7 Å². The van der Waals surface area contributed by atoms with Crippen molar-refractivity contribution in [3.8, 4) is 0 Å². The summed E-state index contributed by atoms with van der Waals surface area (Å²) in [6.45, 7) is 11.8. The number of carbonyl (C=O) groups excluding carboxylic acids is 4. The zero-order valence-corrected chi connectivity index (χ0v) is 61.1. The number of hydrogen-bond acceptors (Lipinski definition) is 15. The van der Waals surface area contributed by atoms with Gasteiger partial charge in [0.25, 0.3) is 0 Å². The molecule has 0 aromatic carbocycles. The number of aliphatic hydroxyl groups excluding tert-OH is 1. The molecular formula is C72H140O17P2. The van der Waals surface area contributed by atoms with Gasteiger partial charge in [0.15, 0.2) is 12.2 Å². The number of unbranched alkanes of at least 4 members (excludes halogenated alkanes) is 37. The Hall–Kier alpha value is -1.94. The van der Waals surface area contributed by atoms with Crippen molar-refractivity contribution in [2.75, 3.05) is 39.6 Å². The van der Waals surface area contributed by atoms with Gasteiger partial charge in [0.1, 0.15) is 19.3 Å². The van der Waals surface area contributed by atoms with Gasteiger partial charge in [-0.05, 0) is 43.4 Å². The fourth-order valence-electron chi connectivity index (χ4n) is 10.9. The Labute approximate surface area is 556 Å². The predicted octanol–water partition coefficient (Wildman–Crippen LogP) is 20.6. The first kappa shape index (κ1) is 89.1. The second kappa shape index (κ2) is 62.8. The first-order valence-corrected chi connectivity index (χ1v) is 40.4. The minimum Gasteiger partial charge on any atom is -0.462 e. The summed E-state index contributed by atoms with van der Waals surface area (Å²) in [5.74, 6) is 0.155. The zero-order valence-electron chi connectivity index (χ0n) is 59.3. The average molecular weight is 1340 g/mol. The monoisotopic (exact) mass is 1340 g/mol. The lowest BCUT2D eigenvalue weighted by atomic mass is 10.00. The lowest BCUT2D eigenvalue weighted by molar-refractivity contribution is -0.161. The Morgan fingerprint density at radius 2 is 0.560 bits per heavy atom. The second-order valence-electron chi connectivity index (χ2n) is 27.2. The molecule has 0 spiro atoms. The Morgan fingerprint density at radius 3 is 0.835 bits per heavy atom. The average Bonchev–Trinajstić information content (AvgIpc) is 3.54. The molecule has 0 radical (unpaired) electrons. The van der Waals surface area contributed by atoms with E-state index in [4.69, 9.17) is 37.0 Å². The van der Waals surface area contributed by atoms with Crippen LogP contribution in [0.4, 0.5) is 0 Å². The van der Waals surface area contributed by atoms with E-state index in [1.54, 1.807) is 0 Å². The van der Waals surface area contributed by atoms with Gasteiger partial charge in [-0.15, -0.1) is 0 Å². The van der Waals surface area contributed by atoms with Crippen LogP contribution in [0.25, 0.3) is 0 Å². The third kappa shape index (κ3) is 65.1. The summed E-state index contributed by atoms with van der Waals surface area (Å²) in [7, 11) is -9.90. The van der Waals surface area contributed by atoms with E-state index in [1.807, 2.05) is 0 Å². The van der Waals surface area contributed by atoms with Gasteiger partial charge >= 0.3 is 39.5 Å². The molecule has 17 nitrogen and oxygen atoms in total. The van der Waals surface area contributed by atoms with E-state index >= 15 is 0 Å². The molecule has 3 N–H and O–H groups in total. The van der Waals surface area contributed by atoms with Crippen LogP contribution < -0.4 is 0 Å². The minimum atomic E-state index is -4.95. The molecule has 6 atom stereocenters. The highest BCUT2D eigenvalue weighted by molar-refractivity contribution is 7.47. The highest BCUT2D eigenvalue weighted by Gasteiger charge is 2.30. The quantitative estimate of drug-likeness (QED) is 0.0222. The van der Waals surface area contributed by atoms with E-state index in [0.29, 0.717) is 25.7 Å².